The summed E-state index contributed by atoms with van der Waals surface area (Å²) >= 11 is 6.30. The SMILES string of the molecule is COc1cc(-c2c(N)ncnc2N[C@@H](C)c2cc3ncc(Cl)n3nc2-c2ccccc2)ccn1.S. The minimum Gasteiger partial charge on any atom is -0.481 e. The minimum atomic E-state index is -0.208. The van der Waals surface area contributed by atoms with E-state index in [0.29, 0.717) is 33.9 Å². The van der Waals surface area contributed by atoms with E-state index in [-0.39, 0.29) is 19.5 Å². The molecule has 0 saturated carbocycles. The van der Waals surface area contributed by atoms with Crippen LogP contribution in [0.3, 0.4) is 0 Å². The van der Waals surface area contributed by atoms with Crippen molar-refractivity contribution in [3.63, 3.8) is 0 Å². The molecular weight excluding hydrogens is 484 g/mol. The Morgan fingerprint density at radius 1 is 1.03 bits per heavy atom. The molecule has 0 bridgehead atoms. The van der Waals surface area contributed by atoms with Crippen LogP contribution in [-0.4, -0.2) is 36.7 Å². The van der Waals surface area contributed by atoms with E-state index >= 15 is 0 Å². The molecule has 4 aromatic heterocycles. The number of halogens is 1. The van der Waals surface area contributed by atoms with Crippen LogP contribution in [-0.2, 0) is 0 Å². The minimum absolute atomic E-state index is 0. The van der Waals surface area contributed by atoms with Crippen LogP contribution in [0.2, 0.25) is 5.15 Å². The van der Waals surface area contributed by atoms with Gasteiger partial charge in [0.05, 0.1) is 30.6 Å². The maximum Gasteiger partial charge on any atom is 0.213 e. The lowest BCUT2D eigenvalue weighted by molar-refractivity contribution is 0.398. The summed E-state index contributed by atoms with van der Waals surface area (Å²) in [6.45, 7) is 2.03. The molecule has 35 heavy (non-hydrogen) atoms. The predicted octanol–water partition coefficient (Wildman–Crippen LogP) is 4.78. The van der Waals surface area contributed by atoms with Gasteiger partial charge in [-0.1, -0.05) is 41.9 Å². The van der Waals surface area contributed by atoms with Gasteiger partial charge in [0.2, 0.25) is 5.88 Å². The summed E-state index contributed by atoms with van der Waals surface area (Å²) in [5.74, 6) is 1.39. The molecular formula is C24H23ClN8OS. The molecule has 3 N–H and O–H groups in total. The van der Waals surface area contributed by atoms with Crippen molar-refractivity contribution in [2.75, 3.05) is 18.2 Å². The van der Waals surface area contributed by atoms with Crippen molar-refractivity contribution in [3.8, 4) is 28.3 Å². The van der Waals surface area contributed by atoms with E-state index in [1.807, 2.05) is 49.4 Å². The topological polar surface area (TPSA) is 116 Å². The van der Waals surface area contributed by atoms with Crippen molar-refractivity contribution < 1.29 is 4.74 Å². The molecule has 9 nitrogen and oxygen atoms in total. The molecule has 0 radical (unpaired) electrons. The first kappa shape index (κ1) is 24.2. The van der Waals surface area contributed by atoms with Gasteiger partial charge >= 0.3 is 0 Å². The molecule has 178 valence electrons. The van der Waals surface area contributed by atoms with Crippen LogP contribution >= 0.6 is 25.1 Å². The first-order valence-electron chi connectivity index (χ1n) is 10.5. The van der Waals surface area contributed by atoms with Crippen LogP contribution in [0.5, 0.6) is 5.88 Å². The fraction of sp³-hybridized carbons (Fsp3) is 0.125. The van der Waals surface area contributed by atoms with Gasteiger partial charge in [0.1, 0.15) is 18.0 Å². The van der Waals surface area contributed by atoms with Gasteiger partial charge in [0, 0.05) is 23.4 Å². The van der Waals surface area contributed by atoms with Crippen LogP contribution < -0.4 is 15.8 Å². The second kappa shape index (κ2) is 10.2. The molecule has 11 heteroatoms. The van der Waals surface area contributed by atoms with Crippen molar-refractivity contribution in [3.05, 3.63) is 78.0 Å². The molecule has 0 aliphatic rings. The number of benzene rings is 1. The number of fused-ring (bicyclic) bond motifs is 1. The number of anilines is 2. The zero-order chi connectivity index (χ0) is 23.7. The molecule has 5 aromatic rings. The number of nitrogen functional groups attached to an aromatic ring is 1. The van der Waals surface area contributed by atoms with E-state index in [1.54, 1.807) is 30.1 Å². The molecule has 0 saturated heterocycles. The largest absolute Gasteiger partial charge is 0.481 e. The van der Waals surface area contributed by atoms with E-state index in [0.717, 1.165) is 22.4 Å². The average molecular weight is 507 g/mol. The number of ether oxygens (including phenoxy) is 1. The van der Waals surface area contributed by atoms with Gasteiger partial charge in [-0.15, -0.1) is 0 Å². The number of nitrogens with two attached hydrogens (primary N) is 1. The number of nitrogens with zero attached hydrogens (tertiary/aromatic N) is 6. The van der Waals surface area contributed by atoms with Gasteiger partial charge in [-0.25, -0.2) is 24.5 Å². The molecule has 0 aliphatic heterocycles. The second-order valence-corrected chi connectivity index (χ2v) is 7.99. The number of aromatic nitrogens is 6. The van der Waals surface area contributed by atoms with E-state index in [9.17, 15) is 0 Å². The number of nitrogens with one attached hydrogen (secondary N) is 1. The first-order chi connectivity index (χ1) is 16.5. The van der Waals surface area contributed by atoms with Gasteiger partial charge in [-0.3, -0.25) is 0 Å². The third-order valence-electron chi connectivity index (χ3n) is 5.46. The van der Waals surface area contributed by atoms with E-state index < -0.39 is 0 Å². The van der Waals surface area contributed by atoms with Crippen LogP contribution in [0.15, 0.2) is 67.3 Å². The van der Waals surface area contributed by atoms with Crippen molar-refractivity contribution >= 4 is 42.4 Å². The Morgan fingerprint density at radius 2 is 1.83 bits per heavy atom. The molecule has 0 amide bonds. The Balaban J connectivity index is 0.00000289. The molecule has 0 aliphatic carbocycles. The number of rotatable bonds is 6. The highest BCUT2D eigenvalue weighted by Gasteiger charge is 2.20. The molecule has 0 spiro atoms. The van der Waals surface area contributed by atoms with Gasteiger partial charge in [-0.05, 0) is 24.6 Å². The van der Waals surface area contributed by atoms with Gasteiger partial charge < -0.3 is 15.8 Å². The fourth-order valence-corrected chi connectivity index (χ4v) is 3.98. The number of hydrogen-bond acceptors (Lipinski definition) is 8. The lowest BCUT2D eigenvalue weighted by atomic mass is 10.0. The van der Waals surface area contributed by atoms with Gasteiger partial charge in [0.15, 0.2) is 10.8 Å². The Hall–Kier alpha value is -3.89. The number of imidazole rings is 1. The highest BCUT2D eigenvalue weighted by atomic mass is 35.5. The molecule has 5 rings (SSSR count). The smallest absolute Gasteiger partial charge is 0.213 e. The van der Waals surface area contributed by atoms with Crippen LogP contribution in [0.1, 0.15) is 18.5 Å². The summed E-state index contributed by atoms with van der Waals surface area (Å²) < 4.78 is 6.90. The maximum absolute atomic E-state index is 6.30. The summed E-state index contributed by atoms with van der Waals surface area (Å²) in [7, 11) is 1.56. The van der Waals surface area contributed by atoms with E-state index in [2.05, 4.69) is 25.3 Å². The summed E-state index contributed by atoms with van der Waals surface area (Å²) in [6.07, 6.45) is 4.67. The van der Waals surface area contributed by atoms with Crippen molar-refractivity contribution in [2.24, 2.45) is 0 Å². The lowest BCUT2D eigenvalue weighted by Gasteiger charge is -2.20. The Kier molecular flexibility index (Phi) is 7.04. The number of methoxy groups -OCH3 is 1. The molecule has 0 fully saturated rings. The summed E-state index contributed by atoms with van der Waals surface area (Å²) in [4.78, 5) is 17.2. The lowest BCUT2D eigenvalue weighted by Crippen LogP contribution is -2.13. The zero-order valence-electron chi connectivity index (χ0n) is 19.0. The second-order valence-electron chi connectivity index (χ2n) is 7.60. The van der Waals surface area contributed by atoms with Gasteiger partial charge in [-0.2, -0.15) is 18.6 Å². The van der Waals surface area contributed by atoms with Crippen molar-refractivity contribution in [2.45, 2.75) is 13.0 Å². The predicted molar refractivity (Wildman–Crippen MR) is 142 cm³/mol. The standard InChI is InChI=1S/C24H21ClN8O.H2S/c1-14(31-24-21(23(26)29-13-30-24)16-8-9-27-20(10-16)34-2)17-11-19-28-12-18(25)33(19)32-22(17)15-6-4-3-5-7-15;/h3-14H,1-2H3,(H3,26,29,30,31);1H2/t14-;/m0./s1. The van der Waals surface area contributed by atoms with Crippen molar-refractivity contribution in [1.29, 1.82) is 0 Å². The first-order valence-corrected chi connectivity index (χ1v) is 10.9. The third kappa shape index (κ3) is 4.71. The van der Waals surface area contributed by atoms with Gasteiger partial charge in [0.25, 0.3) is 0 Å². The summed E-state index contributed by atoms with van der Waals surface area (Å²) in [6, 6.07) is 15.3. The summed E-state index contributed by atoms with van der Waals surface area (Å²) in [5.41, 5.74) is 11.0. The normalized spacial score (nSPS) is 11.6. The molecule has 1 atom stereocenters. The molecule has 4 heterocycles. The number of pyridine rings is 1. The Morgan fingerprint density at radius 3 is 2.60 bits per heavy atom. The Bertz CT molecular complexity index is 1480. The van der Waals surface area contributed by atoms with Crippen LogP contribution in [0.4, 0.5) is 11.6 Å². The van der Waals surface area contributed by atoms with Crippen molar-refractivity contribution in [1.82, 2.24) is 29.5 Å². The molecule has 1 aromatic carbocycles. The van der Waals surface area contributed by atoms with E-state index in [4.69, 9.17) is 27.2 Å². The highest BCUT2D eigenvalue weighted by Crippen LogP contribution is 2.35. The monoisotopic (exact) mass is 506 g/mol. The summed E-state index contributed by atoms with van der Waals surface area (Å²) in [5, 5.41) is 8.71. The quantitative estimate of drug-likeness (QED) is 0.338. The maximum atomic E-state index is 6.30. The highest BCUT2D eigenvalue weighted by molar-refractivity contribution is 7.59. The van der Waals surface area contributed by atoms with Crippen LogP contribution in [0, 0.1) is 0 Å². The third-order valence-corrected chi connectivity index (χ3v) is 5.71. The Labute approximate surface area is 213 Å². The van der Waals surface area contributed by atoms with Crippen LogP contribution in [0.25, 0.3) is 28.0 Å². The zero-order valence-corrected chi connectivity index (χ0v) is 20.7. The van der Waals surface area contributed by atoms with E-state index in [1.165, 1.54) is 6.33 Å². The fourth-order valence-electron chi connectivity index (χ4n) is 3.80. The number of hydrogen-bond donors (Lipinski definition) is 2. The average Bonchev–Trinajstić information content (AvgIpc) is 3.23. The molecule has 0 unspecified atom stereocenters.